The molecular formula is C72H88Mn2N8. The van der Waals surface area contributed by atoms with Gasteiger partial charge >= 0.3 is 0 Å². The predicted octanol–water partition coefficient (Wildman–Crippen LogP) is 20.3. The number of pyridine rings is 4. The van der Waals surface area contributed by atoms with Crippen molar-refractivity contribution in [3.63, 3.8) is 0 Å². The van der Waals surface area contributed by atoms with Crippen LogP contribution in [0.2, 0.25) is 0 Å². The van der Waals surface area contributed by atoms with Crippen LogP contribution in [0.3, 0.4) is 0 Å². The number of rotatable bonds is 16. The first kappa shape index (κ1) is 69.5. The van der Waals surface area contributed by atoms with Crippen LogP contribution in [0.1, 0.15) is 225 Å². The maximum absolute atomic E-state index is 4.73. The van der Waals surface area contributed by atoms with Crippen LogP contribution in [0.5, 0.6) is 0 Å². The summed E-state index contributed by atoms with van der Waals surface area (Å²) in [4.78, 5) is 36.1. The minimum Gasteiger partial charge on any atom is -0.255 e. The third kappa shape index (κ3) is 21.5. The van der Waals surface area contributed by atoms with Gasteiger partial charge in [0.1, 0.15) is 0 Å². The average molecular weight is 1180 g/mol. The summed E-state index contributed by atoms with van der Waals surface area (Å²) in [6.45, 7) is 35.3. The first-order valence-corrected chi connectivity index (χ1v) is 28.7. The van der Waals surface area contributed by atoms with Gasteiger partial charge in [-0.25, -0.2) is 0 Å². The van der Waals surface area contributed by atoms with Crippen molar-refractivity contribution >= 4 is 47.6 Å². The fourth-order valence-electron chi connectivity index (χ4n) is 8.98. The van der Waals surface area contributed by atoms with Gasteiger partial charge in [-0.2, -0.15) is 0 Å². The molecule has 0 aliphatic rings. The SMILES string of the molecule is CC(C)c1cccc(C(C)C)c1N=Cc1ccccn1.CC(C)c1cccc(C(C)C)c1N=Cc1ccccn1.CC(C)c1cccc(C(C)C)c1N=Cc1ccccn1.CC(C)c1cccc(C(C)C)c1N=Cc1ccccn1.[Mn].[Mn]. The fourth-order valence-corrected chi connectivity index (χ4v) is 8.98. The summed E-state index contributed by atoms with van der Waals surface area (Å²) in [6, 6.07) is 49.3. The molecule has 0 fully saturated rings. The molecule has 4 heterocycles. The van der Waals surface area contributed by atoms with E-state index in [9.17, 15) is 0 Å². The van der Waals surface area contributed by atoms with Crippen molar-refractivity contribution in [3.05, 3.63) is 238 Å². The van der Waals surface area contributed by atoms with Crippen LogP contribution in [0.4, 0.5) is 22.7 Å². The largest absolute Gasteiger partial charge is 0.255 e. The number of para-hydroxylation sites is 4. The van der Waals surface area contributed by atoms with E-state index in [0.29, 0.717) is 47.3 Å². The average Bonchev–Trinajstić information content (AvgIpc) is 3.45. The van der Waals surface area contributed by atoms with Crippen molar-refractivity contribution in [3.8, 4) is 0 Å². The maximum atomic E-state index is 4.73. The smallest absolute Gasteiger partial charge is 0.0812 e. The van der Waals surface area contributed by atoms with E-state index in [-0.39, 0.29) is 34.1 Å². The van der Waals surface area contributed by atoms with Gasteiger partial charge in [-0.1, -0.05) is 208 Å². The van der Waals surface area contributed by atoms with Gasteiger partial charge in [0.15, 0.2) is 0 Å². The van der Waals surface area contributed by atoms with Gasteiger partial charge in [-0.3, -0.25) is 39.9 Å². The number of aromatic nitrogens is 4. The quantitative estimate of drug-likeness (QED) is 0.0710. The van der Waals surface area contributed by atoms with Crippen LogP contribution in [0.25, 0.3) is 0 Å². The minimum absolute atomic E-state index is 0. The summed E-state index contributed by atoms with van der Waals surface area (Å²) in [6.07, 6.45) is 14.6. The molecule has 82 heavy (non-hydrogen) atoms. The van der Waals surface area contributed by atoms with Gasteiger partial charge in [0.2, 0.25) is 0 Å². The summed E-state index contributed by atoms with van der Waals surface area (Å²) in [5.74, 6) is 3.70. The van der Waals surface area contributed by atoms with Gasteiger partial charge < -0.3 is 0 Å². The van der Waals surface area contributed by atoms with E-state index in [1.165, 1.54) is 44.5 Å². The standard InChI is InChI=1S/4C18H22N2.2Mn/c4*1-13(2)16-9-7-10-17(14(3)4)18(16)20-12-15-8-5-6-11-19-15;;/h4*5-14H,1-4H3;;. The molecule has 0 saturated heterocycles. The third-order valence-corrected chi connectivity index (χ3v) is 13.4. The molecule has 0 aliphatic heterocycles. The van der Waals surface area contributed by atoms with Crippen molar-refractivity contribution in [2.45, 2.75) is 158 Å². The van der Waals surface area contributed by atoms with Crippen LogP contribution in [0, 0.1) is 0 Å². The Bertz CT molecular complexity index is 2680. The van der Waals surface area contributed by atoms with Crippen molar-refractivity contribution in [1.29, 1.82) is 0 Å². The fraction of sp³-hybridized carbons (Fsp3) is 0.333. The van der Waals surface area contributed by atoms with E-state index in [1.807, 2.05) is 97.7 Å². The van der Waals surface area contributed by atoms with Crippen LogP contribution in [0.15, 0.2) is 190 Å². The summed E-state index contributed by atoms with van der Waals surface area (Å²) in [5, 5.41) is 0. The zero-order valence-corrected chi connectivity index (χ0v) is 53.8. The normalized spacial score (nSPS) is 11.4. The summed E-state index contributed by atoms with van der Waals surface area (Å²) in [7, 11) is 0. The van der Waals surface area contributed by atoms with Crippen molar-refractivity contribution in [2.75, 3.05) is 0 Å². The Morgan fingerprint density at radius 3 is 0.512 bits per heavy atom. The summed E-state index contributed by atoms with van der Waals surface area (Å²) < 4.78 is 0. The Morgan fingerprint density at radius 1 is 0.232 bits per heavy atom. The van der Waals surface area contributed by atoms with Crippen LogP contribution in [-0.2, 0) is 34.1 Å². The first-order valence-electron chi connectivity index (χ1n) is 28.7. The van der Waals surface area contributed by atoms with Crippen LogP contribution in [-0.4, -0.2) is 44.8 Å². The Labute approximate surface area is 514 Å². The molecule has 10 heteroatoms. The second-order valence-corrected chi connectivity index (χ2v) is 22.4. The zero-order valence-electron chi connectivity index (χ0n) is 51.4. The zero-order chi connectivity index (χ0) is 58.1. The molecule has 8 nitrogen and oxygen atoms in total. The van der Waals surface area contributed by atoms with E-state index in [2.05, 4.69) is 204 Å². The molecule has 0 bridgehead atoms. The molecular weight excluding hydrogens is 1090 g/mol. The molecule has 0 unspecified atom stereocenters. The van der Waals surface area contributed by atoms with E-state index >= 15 is 0 Å². The molecule has 0 N–H and O–H groups in total. The summed E-state index contributed by atoms with van der Waals surface area (Å²) in [5.41, 5.74) is 18.3. The second kappa shape index (κ2) is 35.9. The van der Waals surface area contributed by atoms with E-state index < -0.39 is 0 Å². The molecule has 4 aromatic carbocycles. The van der Waals surface area contributed by atoms with Gasteiger partial charge in [-0.05, 0) is 140 Å². The van der Waals surface area contributed by atoms with Crippen LogP contribution < -0.4 is 0 Å². The second-order valence-electron chi connectivity index (χ2n) is 22.4. The number of benzene rings is 4. The molecule has 0 spiro atoms. The number of hydrogen-bond donors (Lipinski definition) is 0. The molecule has 0 aliphatic carbocycles. The predicted molar refractivity (Wildman–Crippen MR) is 344 cm³/mol. The molecule has 4 aromatic heterocycles. The molecule has 0 atom stereocenters. The Kier molecular flexibility index (Phi) is 30.4. The minimum atomic E-state index is 0. The van der Waals surface area contributed by atoms with Gasteiger partial charge in [0, 0.05) is 58.9 Å². The molecule has 0 amide bonds. The van der Waals surface area contributed by atoms with Crippen molar-refractivity contribution < 1.29 is 34.1 Å². The van der Waals surface area contributed by atoms with E-state index in [4.69, 9.17) is 20.0 Å². The third-order valence-electron chi connectivity index (χ3n) is 13.4. The van der Waals surface area contributed by atoms with E-state index in [1.54, 1.807) is 24.8 Å². The number of nitrogens with zero attached hydrogens (tertiary/aromatic N) is 8. The van der Waals surface area contributed by atoms with E-state index in [0.717, 1.165) is 45.5 Å². The molecule has 2 radical (unpaired) electrons. The Morgan fingerprint density at radius 2 is 0.390 bits per heavy atom. The molecule has 0 saturated carbocycles. The Hall–Kier alpha value is -6.80. The topological polar surface area (TPSA) is 101 Å². The van der Waals surface area contributed by atoms with Crippen molar-refractivity contribution in [1.82, 2.24) is 19.9 Å². The maximum Gasteiger partial charge on any atom is 0.0812 e. The van der Waals surface area contributed by atoms with Crippen molar-refractivity contribution in [2.24, 2.45) is 20.0 Å². The van der Waals surface area contributed by atoms with Gasteiger partial charge in [-0.15, -0.1) is 0 Å². The summed E-state index contributed by atoms with van der Waals surface area (Å²) >= 11 is 0. The number of aliphatic imine (C=N–C) groups is 4. The Balaban J connectivity index is 0.000000285. The molecule has 430 valence electrons. The first-order chi connectivity index (χ1) is 38.4. The monoisotopic (exact) mass is 1170 g/mol. The number of hydrogen-bond acceptors (Lipinski definition) is 8. The molecule has 8 rings (SSSR count). The van der Waals surface area contributed by atoms with Gasteiger partial charge in [0.05, 0.1) is 70.4 Å². The van der Waals surface area contributed by atoms with Crippen LogP contribution >= 0.6 is 0 Å². The van der Waals surface area contributed by atoms with Gasteiger partial charge in [0.25, 0.3) is 0 Å². The molecule has 8 aromatic rings.